The van der Waals surface area contributed by atoms with E-state index in [0.29, 0.717) is 15.7 Å². The molecule has 0 aliphatic heterocycles. The first kappa shape index (κ1) is 15.1. The highest BCUT2D eigenvalue weighted by molar-refractivity contribution is 9.10. The summed E-state index contributed by atoms with van der Waals surface area (Å²) in [5.74, 6) is -0.948. The lowest BCUT2D eigenvalue weighted by molar-refractivity contribution is -0.385. The Morgan fingerprint density at radius 3 is 2.62 bits per heavy atom. The lowest BCUT2D eigenvalue weighted by Gasteiger charge is -2.08. The van der Waals surface area contributed by atoms with E-state index in [-0.39, 0.29) is 11.3 Å². The Morgan fingerprint density at radius 2 is 2.00 bits per heavy atom. The maximum Gasteiger partial charge on any atom is 0.273 e. The molecule has 2 rings (SSSR count). The van der Waals surface area contributed by atoms with Gasteiger partial charge in [-0.3, -0.25) is 14.9 Å². The van der Waals surface area contributed by atoms with Gasteiger partial charge < -0.3 is 5.32 Å². The number of amides is 1. The predicted octanol–water partition coefficient (Wildman–Crippen LogP) is 4.06. The second kappa shape index (κ2) is 6.01. The number of anilines is 1. The molecule has 1 amide bonds. The van der Waals surface area contributed by atoms with Crippen molar-refractivity contribution in [2.45, 2.75) is 6.92 Å². The molecule has 0 spiro atoms. The summed E-state index contributed by atoms with van der Waals surface area (Å²) in [6.07, 6.45) is 0. The van der Waals surface area contributed by atoms with Gasteiger partial charge in [-0.05, 0) is 47.1 Å². The molecule has 5 nitrogen and oxygen atoms in total. The van der Waals surface area contributed by atoms with Crippen LogP contribution in [-0.4, -0.2) is 10.8 Å². The van der Waals surface area contributed by atoms with Gasteiger partial charge in [-0.1, -0.05) is 6.07 Å². The van der Waals surface area contributed by atoms with Gasteiger partial charge >= 0.3 is 0 Å². The monoisotopic (exact) mass is 352 g/mol. The van der Waals surface area contributed by atoms with Crippen LogP contribution < -0.4 is 5.32 Å². The van der Waals surface area contributed by atoms with Crippen LogP contribution in [0.4, 0.5) is 15.8 Å². The maximum atomic E-state index is 13.0. The fourth-order valence-corrected chi connectivity index (χ4v) is 2.18. The second-order valence-corrected chi connectivity index (χ2v) is 5.19. The average Bonchev–Trinajstić information content (AvgIpc) is 2.42. The molecule has 0 fully saturated rings. The van der Waals surface area contributed by atoms with Crippen LogP contribution in [0, 0.1) is 22.9 Å². The van der Waals surface area contributed by atoms with Gasteiger partial charge in [-0.2, -0.15) is 0 Å². The lowest BCUT2D eigenvalue weighted by Crippen LogP contribution is -2.12. The molecule has 0 atom stereocenters. The molecule has 0 radical (unpaired) electrons. The number of hydrogen-bond acceptors (Lipinski definition) is 3. The standard InChI is InChI=1S/C14H10BrFN2O3/c1-8-2-3-9(6-13(8)18(20)21)14(19)17-12-5-4-10(16)7-11(12)15/h2-7H,1H3,(H,17,19). The molecule has 2 aromatic rings. The van der Waals surface area contributed by atoms with Crippen LogP contribution in [0.5, 0.6) is 0 Å². The third-order valence-corrected chi connectivity index (χ3v) is 3.50. The van der Waals surface area contributed by atoms with Gasteiger partial charge in [-0.15, -0.1) is 0 Å². The molecule has 0 heterocycles. The maximum absolute atomic E-state index is 13.0. The Morgan fingerprint density at radius 1 is 1.29 bits per heavy atom. The highest BCUT2D eigenvalue weighted by atomic mass is 79.9. The molecule has 0 unspecified atom stereocenters. The number of carbonyl (C=O) groups excluding carboxylic acids is 1. The smallest absolute Gasteiger partial charge is 0.273 e. The van der Waals surface area contributed by atoms with Crippen molar-refractivity contribution < 1.29 is 14.1 Å². The van der Waals surface area contributed by atoms with Gasteiger partial charge in [0, 0.05) is 21.7 Å². The van der Waals surface area contributed by atoms with E-state index in [1.807, 2.05) is 0 Å². The van der Waals surface area contributed by atoms with E-state index in [1.54, 1.807) is 6.92 Å². The van der Waals surface area contributed by atoms with Crippen LogP contribution in [0.2, 0.25) is 0 Å². The molecular formula is C14H10BrFN2O3. The fourth-order valence-electron chi connectivity index (χ4n) is 1.73. The topological polar surface area (TPSA) is 72.2 Å². The Hall–Kier alpha value is -2.28. The van der Waals surface area contributed by atoms with Crippen molar-refractivity contribution in [2.24, 2.45) is 0 Å². The largest absolute Gasteiger partial charge is 0.321 e. The van der Waals surface area contributed by atoms with Crippen LogP contribution in [0.25, 0.3) is 0 Å². The van der Waals surface area contributed by atoms with Crippen molar-refractivity contribution in [1.82, 2.24) is 0 Å². The van der Waals surface area contributed by atoms with Crippen molar-refractivity contribution >= 4 is 33.2 Å². The molecule has 2 aromatic carbocycles. The van der Waals surface area contributed by atoms with Crippen molar-refractivity contribution in [3.63, 3.8) is 0 Å². The van der Waals surface area contributed by atoms with Gasteiger partial charge in [0.1, 0.15) is 5.82 Å². The van der Waals surface area contributed by atoms with Crippen LogP contribution in [0.15, 0.2) is 40.9 Å². The van der Waals surface area contributed by atoms with E-state index in [0.717, 1.165) is 0 Å². The average molecular weight is 353 g/mol. The number of nitrogens with one attached hydrogen (secondary N) is 1. The molecule has 108 valence electrons. The number of aryl methyl sites for hydroxylation is 1. The predicted molar refractivity (Wildman–Crippen MR) is 79.9 cm³/mol. The van der Waals surface area contributed by atoms with Crippen molar-refractivity contribution in [1.29, 1.82) is 0 Å². The Bertz CT molecular complexity index is 734. The minimum absolute atomic E-state index is 0.124. The molecule has 0 aromatic heterocycles. The molecule has 0 aliphatic rings. The van der Waals surface area contributed by atoms with Gasteiger partial charge in [0.15, 0.2) is 0 Å². The highest BCUT2D eigenvalue weighted by Crippen LogP contribution is 2.25. The number of benzene rings is 2. The second-order valence-electron chi connectivity index (χ2n) is 4.34. The van der Waals surface area contributed by atoms with Gasteiger partial charge in [0.25, 0.3) is 11.6 Å². The highest BCUT2D eigenvalue weighted by Gasteiger charge is 2.15. The van der Waals surface area contributed by atoms with Gasteiger partial charge in [-0.25, -0.2) is 4.39 Å². The summed E-state index contributed by atoms with van der Waals surface area (Å²) in [4.78, 5) is 22.4. The zero-order valence-corrected chi connectivity index (χ0v) is 12.5. The van der Waals surface area contributed by atoms with E-state index in [2.05, 4.69) is 21.2 Å². The molecule has 0 bridgehead atoms. The number of carbonyl (C=O) groups is 1. The van der Waals surface area contributed by atoms with Crippen LogP contribution in [0.1, 0.15) is 15.9 Å². The zero-order chi connectivity index (χ0) is 15.6. The summed E-state index contributed by atoms with van der Waals surface area (Å²) in [5, 5.41) is 13.4. The number of nitro benzene ring substituents is 1. The summed E-state index contributed by atoms with van der Waals surface area (Å²) in [6.45, 7) is 1.59. The van der Waals surface area contributed by atoms with Crippen molar-refractivity contribution in [2.75, 3.05) is 5.32 Å². The first-order valence-electron chi connectivity index (χ1n) is 5.90. The van der Waals surface area contributed by atoms with Crippen LogP contribution >= 0.6 is 15.9 Å². The van der Waals surface area contributed by atoms with Crippen molar-refractivity contribution in [3.8, 4) is 0 Å². The zero-order valence-electron chi connectivity index (χ0n) is 10.9. The van der Waals surface area contributed by atoms with E-state index in [9.17, 15) is 19.3 Å². The minimum atomic E-state index is -0.542. The van der Waals surface area contributed by atoms with Gasteiger partial charge in [0.05, 0.1) is 10.6 Å². The molecule has 7 heteroatoms. The third kappa shape index (κ3) is 3.43. The normalized spacial score (nSPS) is 10.2. The van der Waals surface area contributed by atoms with Crippen LogP contribution in [-0.2, 0) is 0 Å². The lowest BCUT2D eigenvalue weighted by atomic mass is 10.1. The summed E-state index contributed by atoms with van der Waals surface area (Å²) >= 11 is 3.13. The number of nitrogens with zero attached hydrogens (tertiary/aromatic N) is 1. The minimum Gasteiger partial charge on any atom is -0.321 e. The van der Waals surface area contributed by atoms with E-state index in [4.69, 9.17) is 0 Å². The van der Waals surface area contributed by atoms with E-state index >= 15 is 0 Å². The summed E-state index contributed by atoms with van der Waals surface area (Å²) < 4.78 is 13.4. The Kier molecular flexibility index (Phi) is 4.32. The SMILES string of the molecule is Cc1ccc(C(=O)Nc2ccc(F)cc2Br)cc1[N+](=O)[O-]. The van der Waals surface area contributed by atoms with Crippen LogP contribution in [0.3, 0.4) is 0 Å². The summed E-state index contributed by atoms with van der Waals surface area (Å²) in [6, 6.07) is 8.04. The quantitative estimate of drug-likeness (QED) is 0.668. The molecule has 0 aliphatic carbocycles. The number of halogens is 2. The molecule has 21 heavy (non-hydrogen) atoms. The third-order valence-electron chi connectivity index (χ3n) is 2.85. The van der Waals surface area contributed by atoms with Crippen molar-refractivity contribution in [3.05, 3.63) is 67.9 Å². The molecule has 1 N–H and O–H groups in total. The summed E-state index contributed by atoms with van der Waals surface area (Å²) in [5.41, 5.74) is 0.883. The number of nitro groups is 1. The molecule has 0 saturated carbocycles. The number of hydrogen-bond donors (Lipinski definition) is 1. The molecule has 0 saturated heterocycles. The fraction of sp³-hybridized carbons (Fsp3) is 0.0714. The first-order chi connectivity index (χ1) is 9.88. The first-order valence-corrected chi connectivity index (χ1v) is 6.69. The van der Waals surface area contributed by atoms with E-state index < -0.39 is 16.6 Å². The van der Waals surface area contributed by atoms with E-state index in [1.165, 1.54) is 36.4 Å². The van der Waals surface area contributed by atoms with Gasteiger partial charge in [0.2, 0.25) is 0 Å². The Balaban J connectivity index is 2.28. The number of rotatable bonds is 3. The summed E-state index contributed by atoms with van der Waals surface area (Å²) in [7, 11) is 0. The molecular weight excluding hydrogens is 343 g/mol. The Labute approximate surface area is 128 Å².